The molecule has 3 aromatic rings. The zero-order chi connectivity index (χ0) is 27.1. The fourth-order valence-electron chi connectivity index (χ4n) is 4.41. The van der Waals surface area contributed by atoms with Gasteiger partial charge in [-0.3, -0.25) is 9.59 Å². The summed E-state index contributed by atoms with van der Waals surface area (Å²) in [5, 5.41) is 10.5. The van der Waals surface area contributed by atoms with Crippen molar-refractivity contribution >= 4 is 23.3 Å². The van der Waals surface area contributed by atoms with Gasteiger partial charge in [-0.05, 0) is 80.5 Å². The Labute approximate surface area is 219 Å². The summed E-state index contributed by atoms with van der Waals surface area (Å²) in [6, 6.07) is 18.0. The number of anilines is 2. The number of hydrogen-bond acceptors (Lipinski definition) is 5. The highest BCUT2D eigenvalue weighted by Gasteiger charge is 2.23. The van der Waals surface area contributed by atoms with Gasteiger partial charge in [-0.15, -0.1) is 0 Å². The number of carboxylic acids is 1. The summed E-state index contributed by atoms with van der Waals surface area (Å²) >= 11 is 0. The molecule has 0 aliphatic carbocycles. The summed E-state index contributed by atoms with van der Waals surface area (Å²) in [5.41, 5.74) is 14.8. The van der Waals surface area contributed by atoms with Crippen LogP contribution in [0.2, 0.25) is 0 Å². The van der Waals surface area contributed by atoms with Gasteiger partial charge < -0.3 is 20.7 Å². The molecule has 0 spiro atoms. The largest absolute Gasteiger partial charge is 0.481 e. The van der Waals surface area contributed by atoms with Gasteiger partial charge in [-0.2, -0.15) is 0 Å². The van der Waals surface area contributed by atoms with E-state index >= 15 is 0 Å². The third-order valence-corrected chi connectivity index (χ3v) is 6.77. The predicted octanol–water partition coefficient (Wildman–Crippen LogP) is 4.80. The number of fused-ring (bicyclic) bond motifs is 1. The second-order valence-corrected chi connectivity index (χ2v) is 9.59. The van der Waals surface area contributed by atoms with Crippen LogP contribution in [0.15, 0.2) is 54.6 Å². The minimum Gasteiger partial charge on any atom is -0.481 e. The number of para-hydroxylation sites is 1. The summed E-state index contributed by atoms with van der Waals surface area (Å²) in [5.74, 6) is 5.00. The van der Waals surface area contributed by atoms with Gasteiger partial charge in [0.2, 0.25) is 0 Å². The minimum atomic E-state index is -0.788. The second kappa shape index (κ2) is 12.4. The van der Waals surface area contributed by atoms with Gasteiger partial charge in [0.1, 0.15) is 0 Å². The van der Waals surface area contributed by atoms with Gasteiger partial charge in [0.15, 0.2) is 0 Å². The lowest BCUT2D eigenvalue weighted by Gasteiger charge is -2.30. The van der Waals surface area contributed by atoms with Crippen molar-refractivity contribution in [3.63, 3.8) is 0 Å². The maximum absolute atomic E-state index is 12.9. The lowest BCUT2D eigenvalue weighted by Crippen LogP contribution is -2.36. The number of benzene rings is 3. The zero-order valence-corrected chi connectivity index (χ0v) is 22.3. The predicted molar refractivity (Wildman–Crippen MR) is 150 cm³/mol. The van der Waals surface area contributed by atoms with Crippen LogP contribution in [0.4, 0.5) is 11.4 Å². The highest BCUT2D eigenvalue weighted by Crippen LogP contribution is 2.25. The molecule has 4 rings (SSSR count). The van der Waals surface area contributed by atoms with E-state index < -0.39 is 5.97 Å². The number of aryl methyl sites for hydroxylation is 4. The van der Waals surface area contributed by atoms with Crippen molar-refractivity contribution in [1.82, 2.24) is 4.90 Å². The van der Waals surface area contributed by atoms with Crippen molar-refractivity contribution in [2.24, 2.45) is 5.84 Å². The van der Waals surface area contributed by atoms with Crippen LogP contribution >= 0.6 is 0 Å². The van der Waals surface area contributed by atoms with Crippen molar-refractivity contribution < 1.29 is 14.7 Å². The summed E-state index contributed by atoms with van der Waals surface area (Å²) in [4.78, 5) is 25.6. The van der Waals surface area contributed by atoms with Crippen LogP contribution in [0.5, 0.6) is 0 Å². The van der Waals surface area contributed by atoms with Crippen molar-refractivity contribution in [3.8, 4) is 0 Å². The van der Waals surface area contributed by atoms with Gasteiger partial charge >= 0.3 is 5.97 Å². The molecule has 7 nitrogen and oxygen atoms in total. The maximum Gasteiger partial charge on any atom is 0.303 e. The number of carbonyl (C=O) groups excluding carboxylic acids is 1. The standard InChI is InChI=1S/C21H23NO3.C9H15N3/c1-14-3-4-15(2)19(11-14)21(25)22-10-9-17-7-5-16(6-8-20(23)24)12-18(17)13-22;1-3-12(11)8-6-4-5-7(2)9(8)10/h3-5,7,11-12H,6,8-10,13H2,1-2H3,(H,23,24);4-6H,3,10-11H2,1-2H3. The molecule has 37 heavy (non-hydrogen) atoms. The number of nitrogens with two attached hydrogens (primary N) is 2. The van der Waals surface area contributed by atoms with E-state index in [0.29, 0.717) is 19.5 Å². The molecule has 196 valence electrons. The molecule has 0 bridgehead atoms. The highest BCUT2D eigenvalue weighted by molar-refractivity contribution is 5.96. The quantitative estimate of drug-likeness (QED) is 0.254. The molecule has 1 aliphatic rings. The monoisotopic (exact) mass is 502 g/mol. The fourth-order valence-corrected chi connectivity index (χ4v) is 4.41. The molecule has 0 atom stereocenters. The molecule has 0 saturated heterocycles. The van der Waals surface area contributed by atoms with Crippen LogP contribution in [0.1, 0.15) is 57.1 Å². The Balaban J connectivity index is 0.000000266. The smallest absolute Gasteiger partial charge is 0.303 e. The van der Waals surface area contributed by atoms with Gasteiger partial charge in [-0.25, -0.2) is 5.84 Å². The lowest BCUT2D eigenvalue weighted by atomic mass is 9.95. The Morgan fingerprint density at radius 2 is 1.76 bits per heavy atom. The Bertz CT molecular complexity index is 1270. The van der Waals surface area contributed by atoms with E-state index in [4.69, 9.17) is 16.7 Å². The topological polar surface area (TPSA) is 113 Å². The fraction of sp³-hybridized carbons (Fsp3) is 0.333. The van der Waals surface area contributed by atoms with Gasteiger partial charge in [0.05, 0.1) is 11.4 Å². The first-order valence-corrected chi connectivity index (χ1v) is 12.7. The van der Waals surface area contributed by atoms with Gasteiger partial charge in [0.25, 0.3) is 5.91 Å². The van der Waals surface area contributed by atoms with E-state index in [1.807, 2.05) is 75.1 Å². The molecule has 3 aromatic carbocycles. The SMILES string of the molecule is CCN(N)c1cccc(C)c1N.Cc1ccc(C)c(C(=O)N2CCc3ccc(CCC(=O)O)cc3C2)c1. The molecular formula is C30H38N4O3. The van der Waals surface area contributed by atoms with E-state index in [9.17, 15) is 9.59 Å². The summed E-state index contributed by atoms with van der Waals surface area (Å²) in [6.45, 7) is 9.99. The van der Waals surface area contributed by atoms with E-state index in [1.165, 1.54) is 5.56 Å². The Hall–Kier alpha value is -3.84. The number of hydrogen-bond donors (Lipinski definition) is 3. The van der Waals surface area contributed by atoms with Crippen LogP contribution in [0, 0.1) is 20.8 Å². The van der Waals surface area contributed by atoms with E-state index in [1.54, 1.807) is 5.01 Å². The second-order valence-electron chi connectivity index (χ2n) is 9.59. The van der Waals surface area contributed by atoms with Gasteiger partial charge in [0, 0.05) is 31.6 Å². The molecule has 1 heterocycles. The molecule has 0 aromatic heterocycles. The Kier molecular flexibility index (Phi) is 9.31. The Morgan fingerprint density at radius 3 is 2.46 bits per heavy atom. The lowest BCUT2D eigenvalue weighted by molar-refractivity contribution is -0.136. The first-order valence-electron chi connectivity index (χ1n) is 12.7. The molecule has 0 radical (unpaired) electrons. The number of nitrogens with zero attached hydrogens (tertiary/aromatic N) is 2. The molecule has 5 N–H and O–H groups in total. The highest BCUT2D eigenvalue weighted by atomic mass is 16.4. The minimum absolute atomic E-state index is 0.0720. The maximum atomic E-state index is 12.9. The first-order chi connectivity index (χ1) is 17.6. The number of carboxylic acid groups (broad SMARTS) is 1. The molecule has 1 amide bonds. The molecule has 1 aliphatic heterocycles. The number of carbonyl (C=O) groups is 2. The van der Waals surface area contributed by atoms with E-state index in [-0.39, 0.29) is 12.3 Å². The molecule has 0 fully saturated rings. The number of aliphatic carboxylic acids is 1. The average Bonchev–Trinajstić information content (AvgIpc) is 2.89. The molecule has 7 heteroatoms. The van der Waals surface area contributed by atoms with Crippen molar-refractivity contribution in [2.75, 3.05) is 23.8 Å². The number of hydrazine groups is 1. The van der Waals surface area contributed by atoms with Crippen LogP contribution in [-0.2, 0) is 24.2 Å². The summed E-state index contributed by atoms with van der Waals surface area (Å²) in [6.07, 6.45) is 1.49. The number of nitrogen functional groups attached to an aromatic ring is 1. The number of amides is 1. The van der Waals surface area contributed by atoms with Crippen molar-refractivity contribution in [2.45, 2.75) is 53.5 Å². The van der Waals surface area contributed by atoms with Crippen molar-refractivity contribution in [3.05, 3.63) is 93.5 Å². The van der Waals surface area contributed by atoms with Crippen LogP contribution in [0.3, 0.4) is 0 Å². The molecule has 0 unspecified atom stereocenters. The first kappa shape index (κ1) is 27.7. The van der Waals surface area contributed by atoms with Crippen LogP contribution in [-0.4, -0.2) is 35.0 Å². The summed E-state index contributed by atoms with van der Waals surface area (Å²) < 4.78 is 0. The third-order valence-electron chi connectivity index (χ3n) is 6.77. The molecular weight excluding hydrogens is 464 g/mol. The Morgan fingerprint density at radius 1 is 1.00 bits per heavy atom. The third kappa shape index (κ3) is 7.11. The normalized spacial score (nSPS) is 12.3. The average molecular weight is 503 g/mol. The zero-order valence-electron chi connectivity index (χ0n) is 22.3. The van der Waals surface area contributed by atoms with Crippen LogP contribution < -0.4 is 16.6 Å². The van der Waals surface area contributed by atoms with Crippen LogP contribution in [0.25, 0.3) is 0 Å². The van der Waals surface area contributed by atoms with Crippen molar-refractivity contribution in [1.29, 1.82) is 0 Å². The summed E-state index contributed by atoms with van der Waals surface area (Å²) in [7, 11) is 0. The number of rotatable bonds is 6. The van der Waals surface area contributed by atoms with E-state index in [2.05, 4.69) is 12.1 Å². The van der Waals surface area contributed by atoms with Gasteiger partial charge in [-0.1, -0.05) is 48.0 Å². The van der Waals surface area contributed by atoms with E-state index in [0.717, 1.165) is 57.7 Å². The molecule has 0 saturated carbocycles.